The maximum Gasteiger partial charge on any atom is 0.172 e. The first-order valence-corrected chi connectivity index (χ1v) is 5.49. The predicted octanol–water partition coefficient (Wildman–Crippen LogP) is 3.67. The lowest BCUT2D eigenvalue weighted by Gasteiger charge is -2.09. The largest absolute Gasteiger partial charge is 0.493 e. The number of ether oxygens (including phenoxy) is 1. The zero-order valence-corrected chi connectivity index (χ0v) is 10.0. The zero-order chi connectivity index (χ0) is 11.7. The van der Waals surface area contributed by atoms with E-state index in [-0.39, 0.29) is 5.39 Å². The van der Waals surface area contributed by atoms with Crippen LogP contribution < -0.4 is 4.74 Å². The van der Waals surface area contributed by atoms with Crippen LogP contribution in [0.1, 0.15) is 6.92 Å². The summed E-state index contributed by atoms with van der Waals surface area (Å²) >= 11 is 3.14. The second-order valence-electron chi connectivity index (χ2n) is 3.12. The van der Waals surface area contributed by atoms with Crippen LogP contribution in [0.2, 0.25) is 0 Å². The second-order valence-corrected chi connectivity index (χ2v) is 3.97. The molecule has 84 valence electrons. The van der Waals surface area contributed by atoms with Crippen molar-refractivity contribution in [3.63, 3.8) is 0 Å². The van der Waals surface area contributed by atoms with Gasteiger partial charge in [0, 0.05) is 10.7 Å². The minimum atomic E-state index is -0.935. The van der Waals surface area contributed by atoms with Crippen LogP contribution in [0.25, 0.3) is 10.9 Å². The van der Waals surface area contributed by atoms with Gasteiger partial charge in [-0.15, -0.1) is 0 Å². The average molecular weight is 288 g/mol. The Balaban J connectivity index is 2.84. The van der Waals surface area contributed by atoms with Gasteiger partial charge in [0.1, 0.15) is 5.75 Å². The van der Waals surface area contributed by atoms with E-state index in [2.05, 4.69) is 20.9 Å². The summed E-state index contributed by atoms with van der Waals surface area (Å²) in [5.74, 6) is -1.56. The van der Waals surface area contributed by atoms with Crippen LogP contribution >= 0.6 is 15.9 Å². The fraction of sp³-hybridized carbons (Fsp3) is 0.182. The number of fused-ring (bicyclic) bond motifs is 1. The van der Waals surface area contributed by atoms with E-state index in [0.717, 1.165) is 6.07 Å². The van der Waals surface area contributed by atoms with Gasteiger partial charge in [-0.3, -0.25) is 4.98 Å². The SMILES string of the molecule is CCOc1ccnc2c(Br)cc(F)c(F)c12. The molecule has 0 aliphatic heterocycles. The van der Waals surface area contributed by atoms with Gasteiger partial charge in [0.15, 0.2) is 11.6 Å². The molecule has 16 heavy (non-hydrogen) atoms. The van der Waals surface area contributed by atoms with Crippen molar-refractivity contribution in [3.8, 4) is 5.75 Å². The molecule has 0 amide bonds. The number of pyridine rings is 1. The summed E-state index contributed by atoms with van der Waals surface area (Å²) in [5.41, 5.74) is 0.352. The highest BCUT2D eigenvalue weighted by Gasteiger charge is 2.15. The van der Waals surface area contributed by atoms with Crippen LogP contribution in [0, 0.1) is 11.6 Å². The number of aromatic nitrogens is 1. The van der Waals surface area contributed by atoms with Crippen LogP contribution in [0.5, 0.6) is 5.75 Å². The van der Waals surface area contributed by atoms with Gasteiger partial charge < -0.3 is 4.74 Å². The van der Waals surface area contributed by atoms with Crippen LogP contribution in [0.4, 0.5) is 8.78 Å². The summed E-state index contributed by atoms with van der Waals surface area (Å²) in [7, 11) is 0. The van der Waals surface area contributed by atoms with Crippen LogP contribution in [0.15, 0.2) is 22.8 Å². The molecule has 0 saturated heterocycles. The number of hydrogen-bond donors (Lipinski definition) is 0. The fourth-order valence-corrected chi connectivity index (χ4v) is 1.98. The average Bonchev–Trinajstić information content (AvgIpc) is 2.26. The first-order chi connectivity index (χ1) is 7.65. The lowest BCUT2D eigenvalue weighted by atomic mass is 10.2. The van der Waals surface area contributed by atoms with E-state index >= 15 is 0 Å². The molecule has 5 heteroatoms. The predicted molar refractivity (Wildman–Crippen MR) is 60.5 cm³/mol. The van der Waals surface area contributed by atoms with E-state index in [1.54, 1.807) is 6.92 Å². The summed E-state index contributed by atoms with van der Waals surface area (Å²) in [5, 5.41) is 0.0659. The van der Waals surface area contributed by atoms with Crippen molar-refractivity contribution in [2.75, 3.05) is 6.61 Å². The third-order valence-corrected chi connectivity index (χ3v) is 2.73. The molecule has 0 fully saturated rings. The normalized spacial score (nSPS) is 10.8. The number of rotatable bonds is 2. The van der Waals surface area contributed by atoms with Crippen molar-refractivity contribution in [1.82, 2.24) is 4.98 Å². The Morgan fingerprint density at radius 1 is 1.44 bits per heavy atom. The molecule has 0 N–H and O–H groups in total. The highest BCUT2D eigenvalue weighted by atomic mass is 79.9. The van der Waals surface area contributed by atoms with Gasteiger partial charge in [0.05, 0.1) is 17.5 Å². The van der Waals surface area contributed by atoms with Crippen molar-refractivity contribution >= 4 is 26.8 Å². The van der Waals surface area contributed by atoms with Crippen molar-refractivity contribution in [1.29, 1.82) is 0 Å². The molecule has 0 unspecified atom stereocenters. The van der Waals surface area contributed by atoms with Gasteiger partial charge in [-0.25, -0.2) is 8.78 Å². The van der Waals surface area contributed by atoms with Gasteiger partial charge >= 0.3 is 0 Å². The van der Waals surface area contributed by atoms with Gasteiger partial charge in [-0.05, 0) is 35.0 Å². The first-order valence-electron chi connectivity index (χ1n) is 4.70. The first kappa shape index (κ1) is 11.3. The number of nitrogens with zero attached hydrogens (tertiary/aromatic N) is 1. The molecular weight excluding hydrogens is 280 g/mol. The maximum absolute atomic E-state index is 13.6. The lowest BCUT2D eigenvalue weighted by molar-refractivity contribution is 0.342. The van der Waals surface area contributed by atoms with Crippen LogP contribution in [-0.2, 0) is 0 Å². The molecule has 0 radical (unpaired) electrons. The number of hydrogen-bond acceptors (Lipinski definition) is 2. The second kappa shape index (κ2) is 4.33. The minimum absolute atomic E-state index is 0.0659. The molecular formula is C11H8BrF2NO. The quantitative estimate of drug-likeness (QED) is 0.786. The highest BCUT2D eigenvalue weighted by Crippen LogP contribution is 2.32. The Morgan fingerprint density at radius 3 is 2.88 bits per heavy atom. The highest BCUT2D eigenvalue weighted by molar-refractivity contribution is 9.10. The monoisotopic (exact) mass is 287 g/mol. The summed E-state index contributed by atoms with van der Waals surface area (Å²) in [4.78, 5) is 3.99. The Bertz CT molecular complexity index is 545. The molecule has 1 aromatic carbocycles. The van der Waals surface area contributed by atoms with Gasteiger partial charge in [0.25, 0.3) is 0 Å². The van der Waals surface area contributed by atoms with Crippen molar-refractivity contribution in [2.24, 2.45) is 0 Å². The Morgan fingerprint density at radius 2 is 2.19 bits per heavy atom. The molecule has 2 nitrogen and oxygen atoms in total. The van der Waals surface area contributed by atoms with E-state index in [4.69, 9.17) is 4.74 Å². The fourth-order valence-electron chi connectivity index (χ4n) is 1.48. The van der Waals surface area contributed by atoms with Crippen LogP contribution in [0.3, 0.4) is 0 Å². The zero-order valence-electron chi connectivity index (χ0n) is 8.43. The summed E-state index contributed by atoms with van der Waals surface area (Å²) in [6, 6.07) is 2.57. The molecule has 0 atom stereocenters. The summed E-state index contributed by atoms with van der Waals surface area (Å²) in [6.07, 6.45) is 1.50. The Labute approximate surface area is 99.4 Å². The summed E-state index contributed by atoms with van der Waals surface area (Å²) in [6.45, 7) is 2.16. The summed E-state index contributed by atoms with van der Waals surface area (Å²) < 4.78 is 32.5. The third kappa shape index (κ3) is 1.75. The molecule has 1 aromatic heterocycles. The van der Waals surface area contributed by atoms with Gasteiger partial charge in [-0.1, -0.05) is 0 Å². The van der Waals surface area contributed by atoms with Crippen molar-refractivity contribution in [3.05, 3.63) is 34.4 Å². The molecule has 0 aliphatic carbocycles. The molecule has 2 aromatic rings. The van der Waals surface area contributed by atoms with E-state index in [0.29, 0.717) is 22.3 Å². The van der Waals surface area contributed by atoms with E-state index in [1.165, 1.54) is 12.3 Å². The number of benzene rings is 1. The van der Waals surface area contributed by atoms with Gasteiger partial charge in [0.2, 0.25) is 0 Å². The molecule has 1 heterocycles. The van der Waals surface area contributed by atoms with Crippen molar-refractivity contribution in [2.45, 2.75) is 6.92 Å². The Hall–Kier alpha value is -1.23. The maximum atomic E-state index is 13.6. The molecule has 0 saturated carbocycles. The molecule has 0 spiro atoms. The van der Waals surface area contributed by atoms with E-state index in [9.17, 15) is 8.78 Å². The smallest absolute Gasteiger partial charge is 0.172 e. The Kier molecular flexibility index (Phi) is 3.05. The molecule has 0 aliphatic rings. The van der Waals surface area contributed by atoms with Crippen molar-refractivity contribution < 1.29 is 13.5 Å². The third-order valence-electron chi connectivity index (χ3n) is 2.12. The van der Waals surface area contributed by atoms with Gasteiger partial charge in [-0.2, -0.15) is 0 Å². The molecule has 2 rings (SSSR count). The molecule has 0 bridgehead atoms. The number of halogens is 3. The lowest BCUT2D eigenvalue weighted by Crippen LogP contribution is -1.97. The standard InChI is InChI=1S/C11H8BrF2NO/c1-2-16-8-3-4-15-11-6(12)5-7(13)10(14)9(8)11/h3-5H,2H2,1H3. The minimum Gasteiger partial charge on any atom is -0.493 e. The topological polar surface area (TPSA) is 22.1 Å². The van der Waals surface area contributed by atoms with E-state index < -0.39 is 11.6 Å². The van der Waals surface area contributed by atoms with E-state index in [1.807, 2.05) is 0 Å². The van der Waals surface area contributed by atoms with Crippen LogP contribution in [-0.4, -0.2) is 11.6 Å².